The Kier molecular flexibility index (Phi) is 131. The standard InChI is InChI=1S/C14H27NO3.C14H28O2.C12H24O.C9H20O.C9H20.C5H10O2.C4H10.C3H6O2.C2H4O2.C2H6/c1-3-5-6-7-8-9-12-18-14(17)13-15(4-2)10-11-16;1-4-6-7-8-9-10-11-16-14(15)12-13(3)5-2;1-3-5-6-7-8-9-10-11-12(13)4-2;1-3-4-5-6-7-8-9-10-2;1-4-6-7-8-9(3)5-2;1-3-4-7-5(2)6;1-3-4-2;1-2-3(4)5;1-4-2-3;1-2/h11H,3-10,12-13H2,1-2H3;13H,4-12H2,1-3H3;3-11H2,1-2H3;3-9H2,1-2H3;9H,4-8H2,1-3H3;3-4H2,1-2H3;3-4H2,1-2H3;2H2,1H3,(H,4,5);2H,1H3;1-2H3. The van der Waals surface area contributed by atoms with Gasteiger partial charge in [-0.05, 0) is 50.5 Å². The molecule has 0 amide bonds. The van der Waals surface area contributed by atoms with Crippen LogP contribution in [-0.4, -0.2) is 113 Å². The van der Waals surface area contributed by atoms with E-state index >= 15 is 0 Å². The van der Waals surface area contributed by atoms with E-state index in [-0.39, 0.29) is 30.9 Å². The molecule has 2 unspecified atom stereocenters. The van der Waals surface area contributed by atoms with Gasteiger partial charge >= 0.3 is 23.9 Å². The Morgan fingerprint density at radius 1 is 0.443 bits per heavy atom. The number of rotatable bonds is 48. The van der Waals surface area contributed by atoms with Crippen molar-refractivity contribution in [3.05, 3.63) is 0 Å². The second-order valence-corrected chi connectivity index (χ2v) is 22.1. The van der Waals surface area contributed by atoms with Crippen molar-refractivity contribution in [1.82, 2.24) is 4.90 Å². The molecular formula is C74H155NO13. The van der Waals surface area contributed by atoms with Crippen molar-refractivity contribution >= 4 is 42.4 Å². The number of unbranched alkanes of at least 4 members (excludes halogenated alkanes) is 24. The molecule has 0 radical (unpaired) electrons. The van der Waals surface area contributed by atoms with E-state index in [2.05, 4.69) is 85.6 Å². The molecule has 534 valence electrons. The summed E-state index contributed by atoms with van der Waals surface area (Å²) < 4.78 is 23.7. The topological polar surface area (TPSA) is 189 Å². The molecule has 88 heavy (non-hydrogen) atoms. The maximum absolute atomic E-state index is 11.4. The molecule has 0 heterocycles. The molecule has 0 saturated carbocycles. The third kappa shape index (κ3) is 140. The molecule has 14 heteroatoms. The molecule has 0 saturated heterocycles. The first-order valence-electron chi connectivity index (χ1n) is 36.1. The molecule has 0 rings (SSSR count). The number of Topliss-reactive ketones (excluding diaryl/α,β-unsaturated/α-hetero) is 1. The fourth-order valence-corrected chi connectivity index (χ4v) is 6.94. The molecule has 0 bridgehead atoms. The van der Waals surface area contributed by atoms with Gasteiger partial charge < -0.3 is 33.6 Å². The monoisotopic (exact) mass is 1270 g/mol. The average molecular weight is 1270 g/mol. The van der Waals surface area contributed by atoms with Crippen molar-refractivity contribution in [2.75, 3.05) is 60.3 Å². The van der Waals surface area contributed by atoms with Crippen LogP contribution in [0.5, 0.6) is 0 Å². The summed E-state index contributed by atoms with van der Waals surface area (Å²) >= 11 is 0. The van der Waals surface area contributed by atoms with Gasteiger partial charge in [0.25, 0.3) is 6.47 Å². The minimum atomic E-state index is -0.745. The zero-order valence-electron chi connectivity index (χ0n) is 62.4. The number of likely N-dealkylation sites (N-methyl/N-ethyl adjacent to an activating group) is 1. The van der Waals surface area contributed by atoms with Crippen molar-refractivity contribution < 1.29 is 62.4 Å². The lowest BCUT2D eigenvalue weighted by Crippen LogP contribution is -2.32. The summed E-state index contributed by atoms with van der Waals surface area (Å²) in [5.74, 6) is 0.643. The Morgan fingerprint density at radius 3 is 1.10 bits per heavy atom. The molecule has 0 aliphatic carbocycles. The second kappa shape index (κ2) is 108. The van der Waals surface area contributed by atoms with Crippen LogP contribution in [0, 0.1) is 11.8 Å². The number of esters is 3. The molecule has 2 atom stereocenters. The van der Waals surface area contributed by atoms with Crippen LogP contribution in [0.3, 0.4) is 0 Å². The van der Waals surface area contributed by atoms with Gasteiger partial charge in [-0.15, -0.1) is 0 Å². The number of carboxylic acid groups (broad SMARTS) is 1. The van der Waals surface area contributed by atoms with Crippen molar-refractivity contribution in [3.8, 4) is 0 Å². The van der Waals surface area contributed by atoms with Gasteiger partial charge in [0.1, 0.15) is 12.1 Å². The van der Waals surface area contributed by atoms with E-state index in [1.807, 2.05) is 34.6 Å². The highest BCUT2D eigenvalue weighted by molar-refractivity contribution is 5.77. The van der Waals surface area contributed by atoms with Gasteiger partial charge in [0.05, 0.1) is 40.0 Å². The maximum Gasteiger partial charge on any atom is 0.320 e. The minimum absolute atomic E-state index is 0.0251. The molecule has 0 aliphatic heterocycles. The highest BCUT2D eigenvalue weighted by Crippen LogP contribution is 2.13. The Labute approximate surface area is 548 Å². The third-order valence-corrected chi connectivity index (χ3v) is 13.4. The first-order chi connectivity index (χ1) is 42.3. The van der Waals surface area contributed by atoms with Gasteiger partial charge in [0, 0.05) is 46.3 Å². The second-order valence-electron chi connectivity index (χ2n) is 22.1. The number of hydrogen-bond acceptors (Lipinski definition) is 13. The summed E-state index contributed by atoms with van der Waals surface area (Å²) in [6, 6.07) is 0. The molecule has 0 aromatic carbocycles. The number of ether oxygens (including phenoxy) is 5. The van der Waals surface area contributed by atoms with Crippen LogP contribution in [0.15, 0.2) is 0 Å². The van der Waals surface area contributed by atoms with Crippen molar-refractivity contribution in [2.24, 2.45) is 11.8 Å². The Balaban J connectivity index is -0.000000101. The molecule has 0 fully saturated rings. The predicted molar refractivity (Wildman–Crippen MR) is 378 cm³/mol. The zero-order valence-corrected chi connectivity index (χ0v) is 62.4. The zero-order chi connectivity index (χ0) is 69.4. The van der Waals surface area contributed by atoms with Crippen molar-refractivity contribution in [1.29, 1.82) is 0 Å². The van der Waals surface area contributed by atoms with Crippen LogP contribution in [0.1, 0.15) is 369 Å². The average Bonchev–Trinajstić information content (AvgIpc) is 3.54. The Morgan fingerprint density at radius 2 is 0.807 bits per heavy atom. The third-order valence-electron chi connectivity index (χ3n) is 13.4. The Hall–Kier alpha value is -3.39. The summed E-state index contributed by atoms with van der Waals surface area (Å²) in [6.07, 6.45) is 46.4. The van der Waals surface area contributed by atoms with Gasteiger partial charge in [-0.25, -0.2) is 0 Å². The van der Waals surface area contributed by atoms with Crippen LogP contribution in [-0.2, 0) is 57.2 Å². The first kappa shape index (κ1) is 106. The van der Waals surface area contributed by atoms with E-state index < -0.39 is 5.97 Å². The van der Waals surface area contributed by atoms with Crippen LogP contribution >= 0.6 is 0 Å². The summed E-state index contributed by atoms with van der Waals surface area (Å²) in [5, 5.41) is 7.72. The normalized spacial score (nSPS) is 10.2. The number of aliphatic carboxylic acids is 1. The maximum atomic E-state index is 11.4. The van der Waals surface area contributed by atoms with Gasteiger partial charge in [-0.2, -0.15) is 0 Å². The lowest BCUT2D eigenvalue weighted by atomic mass is 10.0. The number of carbonyl (C=O) groups is 7. The molecule has 0 aromatic heterocycles. The van der Waals surface area contributed by atoms with E-state index in [1.54, 1.807) is 18.9 Å². The van der Waals surface area contributed by atoms with Crippen molar-refractivity contribution in [3.63, 3.8) is 0 Å². The number of hydrogen-bond donors (Lipinski definition) is 1. The number of nitrogens with zero attached hydrogens (tertiary/aromatic N) is 1. The number of methoxy groups -OCH3 is 2. The van der Waals surface area contributed by atoms with Crippen LogP contribution in [0.25, 0.3) is 0 Å². The number of ketones is 1. The highest BCUT2D eigenvalue weighted by atomic mass is 16.5. The van der Waals surface area contributed by atoms with Crippen LogP contribution in [0.2, 0.25) is 0 Å². The molecular weight excluding hydrogens is 1110 g/mol. The summed E-state index contributed by atoms with van der Waals surface area (Å²) in [5.41, 5.74) is 0. The SMILES string of the molecule is CC.CCC(=O)O.CCCC.CCCCCC(C)CC.CCCCCCCCCC(=O)CC.CCCCCCCCOC.CCCCCCCCOC(=O)CC(C)CC.CCCCCCCCOC(=O)CN(CC)CC=O.CCCOC(C)=O.COC=O. The number of carbonyl (C=O) groups excluding carboxylic acids is 6. The quantitative estimate of drug-likeness (QED) is 0.0262. The summed E-state index contributed by atoms with van der Waals surface area (Å²) in [6.45, 7) is 41.3. The fraction of sp³-hybridized carbons (Fsp3) is 0.905. The number of aldehydes is 1. The smallest absolute Gasteiger partial charge is 0.320 e. The lowest BCUT2D eigenvalue weighted by molar-refractivity contribution is -0.146. The van der Waals surface area contributed by atoms with E-state index in [1.165, 1.54) is 194 Å². The van der Waals surface area contributed by atoms with E-state index in [9.17, 15) is 28.8 Å². The molecule has 0 aliphatic rings. The van der Waals surface area contributed by atoms with Crippen LogP contribution < -0.4 is 0 Å². The van der Waals surface area contributed by atoms with E-state index in [4.69, 9.17) is 24.1 Å². The lowest BCUT2D eigenvalue weighted by Gasteiger charge is -2.15. The van der Waals surface area contributed by atoms with Gasteiger partial charge in [-0.1, -0.05) is 304 Å². The minimum Gasteiger partial charge on any atom is -0.481 e. The molecule has 0 spiro atoms. The van der Waals surface area contributed by atoms with E-state index in [0.29, 0.717) is 57.5 Å². The summed E-state index contributed by atoms with van der Waals surface area (Å²) in [4.78, 5) is 74.1. The van der Waals surface area contributed by atoms with Gasteiger partial charge in [-0.3, -0.25) is 33.7 Å². The predicted octanol–water partition coefficient (Wildman–Crippen LogP) is 21.5. The van der Waals surface area contributed by atoms with Gasteiger partial charge in [0.15, 0.2) is 0 Å². The molecule has 0 aromatic rings. The molecule has 1 N–H and O–H groups in total. The number of carboxylic acids is 1. The van der Waals surface area contributed by atoms with Crippen molar-refractivity contribution in [2.45, 2.75) is 369 Å². The Bertz CT molecular complexity index is 1280. The van der Waals surface area contributed by atoms with E-state index in [0.717, 1.165) is 70.2 Å². The largest absolute Gasteiger partial charge is 0.481 e. The summed E-state index contributed by atoms with van der Waals surface area (Å²) in [7, 11) is 3.08. The first-order valence-corrected chi connectivity index (χ1v) is 36.1. The fourth-order valence-electron chi connectivity index (χ4n) is 6.94. The van der Waals surface area contributed by atoms with Gasteiger partial charge in [0.2, 0.25) is 0 Å². The van der Waals surface area contributed by atoms with Crippen LogP contribution in [0.4, 0.5) is 0 Å². The highest BCUT2D eigenvalue weighted by Gasteiger charge is 2.10. The molecule has 14 nitrogen and oxygen atoms in total.